The van der Waals surface area contributed by atoms with Gasteiger partial charge in [-0.1, -0.05) is 15.9 Å². The molecule has 0 saturated carbocycles. The zero-order valence-electron chi connectivity index (χ0n) is 9.38. The van der Waals surface area contributed by atoms with Crippen molar-refractivity contribution in [2.45, 2.75) is 20.4 Å². The van der Waals surface area contributed by atoms with Crippen LogP contribution in [0, 0.1) is 13.8 Å². The predicted molar refractivity (Wildman–Crippen MR) is 69.7 cm³/mol. The Kier molecular flexibility index (Phi) is 3.34. The zero-order valence-corrected chi connectivity index (χ0v) is 11.0. The summed E-state index contributed by atoms with van der Waals surface area (Å²) in [7, 11) is 0. The lowest BCUT2D eigenvalue weighted by molar-refractivity contribution is 0.490. The van der Waals surface area contributed by atoms with Crippen LogP contribution in [0.3, 0.4) is 0 Å². The Hall–Kier alpha value is -1.22. The minimum Gasteiger partial charge on any atom is -0.465 e. The molecule has 1 aromatic carbocycles. The smallest absolute Gasteiger partial charge is 0.123 e. The van der Waals surface area contributed by atoms with E-state index in [0.29, 0.717) is 0 Å². The molecule has 0 amide bonds. The summed E-state index contributed by atoms with van der Waals surface area (Å²) in [5.41, 5.74) is 2.33. The van der Waals surface area contributed by atoms with Gasteiger partial charge in [0.2, 0.25) is 0 Å². The van der Waals surface area contributed by atoms with Gasteiger partial charge < -0.3 is 9.73 Å². The van der Waals surface area contributed by atoms with E-state index in [0.717, 1.165) is 28.2 Å². The highest BCUT2D eigenvalue weighted by atomic mass is 79.9. The van der Waals surface area contributed by atoms with Crippen molar-refractivity contribution >= 4 is 21.6 Å². The summed E-state index contributed by atoms with van der Waals surface area (Å²) in [6, 6.07) is 10.2. The third-order valence-corrected chi connectivity index (χ3v) is 3.31. The summed E-state index contributed by atoms with van der Waals surface area (Å²) in [6.45, 7) is 4.74. The summed E-state index contributed by atoms with van der Waals surface area (Å²) in [5.74, 6) is 1.90. The Balaban J connectivity index is 2.02. The monoisotopic (exact) mass is 279 g/mol. The van der Waals surface area contributed by atoms with Gasteiger partial charge in [0.25, 0.3) is 0 Å². The third-order valence-electron chi connectivity index (χ3n) is 2.42. The van der Waals surface area contributed by atoms with Crippen molar-refractivity contribution in [1.82, 2.24) is 0 Å². The van der Waals surface area contributed by atoms with Crippen molar-refractivity contribution in [2.24, 2.45) is 0 Å². The van der Waals surface area contributed by atoms with Gasteiger partial charge in [0.1, 0.15) is 11.5 Å². The first-order chi connectivity index (χ1) is 7.65. The molecular formula is C13H14BrNO. The Morgan fingerprint density at radius 3 is 2.62 bits per heavy atom. The zero-order chi connectivity index (χ0) is 11.5. The third kappa shape index (κ3) is 2.67. The van der Waals surface area contributed by atoms with Crippen molar-refractivity contribution < 1.29 is 4.42 Å². The van der Waals surface area contributed by atoms with Crippen LogP contribution in [0.15, 0.2) is 39.2 Å². The first-order valence-electron chi connectivity index (χ1n) is 5.20. The molecule has 3 heteroatoms. The van der Waals surface area contributed by atoms with E-state index in [1.54, 1.807) is 0 Å². The van der Waals surface area contributed by atoms with Crippen LogP contribution in [0.2, 0.25) is 0 Å². The molecule has 0 spiro atoms. The standard InChI is InChI=1S/C13H14BrNO/c1-9-7-11(4-6-13(9)14)15-8-12-5-3-10(2)16-12/h3-7,15H,8H2,1-2H3. The number of aryl methyl sites for hydroxylation is 2. The van der Waals surface area contributed by atoms with Gasteiger partial charge in [-0.05, 0) is 49.7 Å². The van der Waals surface area contributed by atoms with Crippen LogP contribution in [0.4, 0.5) is 5.69 Å². The number of rotatable bonds is 3. The lowest BCUT2D eigenvalue weighted by atomic mass is 10.2. The maximum Gasteiger partial charge on any atom is 0.123 e. The molecular weight excluding hydrogens is 266 g/mol. The molecule has 0 aliphatic rings. The number of halogens is 1. The number of benzene rings is 1. The highest BCUT2D eigenvalue weighted by molar-refractivity contribution is 9.10. The fourth-order valence-electron chi connectivity index (χ4n) is 1.52. The van der Waals surface area contributed by atoms with Crippen molar-refractivity contribution in [2.75, 3.05) is 5.32 Å². The highest BCUT2D eigenvalue weighted by Crippen LogP contribution is 2.20. The Labute approximate surface area is 104 Å². The SMILES string of the molecule is Cc1ccc(CNc2ccc(Br)c(C)c2)o1. The second-order valence-corrected chi connectivity index (χ2v) is 4.68. The van der Waals surface area contributed by atoms with Gasteiger partial charge in [-0.15, -0.1) is 0 Å². The molecule has 0 fully saturated rings. The molecule has 84 valence electrons. The van der Waals surface area contributed by atoms with E-state index in [2.05, 4.69) is 34.2 Å². The predicted octanol–water partition coefficient (Wildman–Crippen LogP) is 4.27. The fraction of sp³-hybridized carbons (Fsp3) is 0.231. The van der Waals surface area contributed by atoms with Crippen LogP contribution >= 0.6 is 15.9 Å². The molecule has 1 N–H and O–H groups in total. The van der Waals surface area contributed by atoms with E-state index in [9.17, 15) is 0 Å². The van der Waals surface area contributed by atoms with Crippen molar-refractivity contribution in [3.05, 3.63) is 51.9 Å². The largest absolute Gasteiger partial charge is 0.465 e. The highest BCUT2D eigenvalue weighted by Gasteiger charge is 2.00. The number of anilines is 1. The van der Waals surface area contributed by atoms with Crippen molar-refractivity contribution in [3.63, 3.8) is 0 Å². The molecule has 0 saturated heterocycles. The van der Waals surface area contributed by atoms with E-state index < -0.39 is 0 Å². The molecule has 2 rings (SSSR count). The first-order valence-corrected chi connectivity index (χ1v) is 6.00. The van der Waals surface area contributed by atoms with E-state index in [1.807, 2.05) is 31.2 Å². The summed E-state index contributed by atoms with van der Waals surface area (Å²) in [6.07, 6.45) is 0. The van der Waals surface area contributed by atoms with E-state index in [4.69, 9.17) is 4.42 Å². The van der Waals surface area contributed by atoms with E-state index in [1.165, 1.54) is 5.56 Å². The maximum atomic E-state index is 5.49. The Morgan fingerprint density at radius 2 is 2.00 bits per heavy atom. The van der Waals surface area contributed by atoms with Crippen LogP contribution in [0.25, 0.3) is 0 Å². The van der Waals surface area contributed by atoms with Crippen LogP contribution in [-0.4, -0.2) is 0 Å². The van der Waals surface area contributed by atoms with Crippen LogP contribution in [0.1, 0.15) is 17.1 Å². The van der Waals surface area contributed by atoms with Gasteiger partial charge in [-0.25, -0.2) is 0 Å². The van der Waals surface area contributed by atoms with Gasteiger partial charge in [-0.3, -0.25) is 0 Å². The summed E-state index contributed by atoms with van der Waals surface area (Å²) in [5, 5.41) is 3.33. The minimum absolute atomic E-state index is 0.717. The van der Waals surface area contributed by atoms with E-state index >= 15 is 0 Å². The molecule has 2 aromatic rings. The van der Waals surface area contributed by atoms with Gasteiger partial charge in [0, 0.05) is 10.2 Å². The number of nitrogens with one attached hydrogen (secondary N) is 1. The fourth-order valence-corrected chi connectivity index (χ4v) is 1.77. The average Bonchev–Trinajstić information content (AvgIpc) is 2.66. The molecule has 0 aliphatic carbocycles. The van der Waals surface area contributed by atoms with Gasteiger partial charge >= 0.3 is 0 Å². The number of furan rings is 1. The quantitative estimate of drug-likeness (QED) is 0.908. The van der Waals surface area contributed by atoms with Crippen LogP contribution < -0.4 is 5.32 Å². The van der Waals surface area contributed by atoms with E-state index in [-0.39, 0.29) is 0 Å². The molecule has 0 bridgehead atoms. The van der Waals surface area contributed by atoms with Crippen molar-refractivity contribution in [3.8, 4) is 0 Å². The lowest BCUT2D eigenvalue weighted by Crippen LogP contribution is -1.98. The second-order valence-electron chi connectivity index (χ2n) is 3.83. The summed E-state index contributed by atoms with van der Waals surface area (Å²) >= 11 is 3.48. The molecule has 0 aliphatic heterocycles. The minimum atomic E-state index is 0.717. The molecule has 2 nitrogen and oxygen atoms in total. The Bertz CT molecular complexity index is 490. The van der Waals surface area contributed by atoms with Crippen LogP contribution in [0.5, 0.6) is 0 Å². The van der Waals surface area contributed by atoms with Crippen molar-refractivity contribution in [1.29, 1.82) is 0 Å². The Morgan fingerprint density at radius 1 is 1.19 bits per heavy atom. The van der Waals surface area contributed by atoms with Gasteiger partial charge in [0.05, 0.1) is 6.54 Å². The number of hydrogen-bond acceptors (Lipinski definition) is 2. The number of hydrogen-bond donors (Lipinski definition) is 1. The van der Waals surface area contributed by atoms with Gasteiger partial charge in [-0.2, -0.15) is 0 Å². The molecule has 1 heterocycles. The molecule has 0 radical (unpaired) electrons. The molecule has 1 aromatic heterocycles. The second kappa shape index (κ2) is 4.74. The first kappa shape index (κ1) is 11.3. The lowest BCUT2D eigenvalue weighted by Gasteiger charge is -2.06. The summed E-state index contributed by atoms with van der Waals surface area (Å²) < 4.78 is 6.62. The van der Waals surface area contributed by atoms with Crippen LogP contribution in [-0.2, 0) is 6.54 Å². The molecule has 16 heavy (non-hydrogen) atoms. The normalized spacial score (nSPS) is 10.4. The summed E-state index contributed by atoms with van der Waals surface area (Å²) in [4.78, 5) is 0. The van der Waals surface area contributed by atoms with Gasteiger partial charge in [0.15, 0.2) is 0 Å². The average molecular weight is 280 g/mol. The maximum absolute atomic E-state index is 5.49. The molecule has 0 unspecified atom stereocenters. The molecule has 0 atom stereocenters. The topological polar surface area (TPSA) is 25.2 Å².